The van der Waals surface area contributed by atoms with Crippen LogP contribution in [-0.2, 0) is 0 Å². The molecule has 0 aliphatic carbocycles. The van der Waals surface area contributed by atoms with Crippen molar-refractivity contribution in [1.29, 1.82) is 0 Å². The topological polar surface area (TPSA) is 102 Å². The van der Waals surface area contributed by atoms with E-state index in [4.69, 9.17) is 24.9 Å². The molecule has 4 N–H and O–H groups in total. The monoisotopic (exact) mass is 479 g/mol. The van der Waals surface area contributed by atoms with Gasteiger partial charge in [-0.25, -0.2) is 4.98 Å². The first-order valence-corrected chi connectivity index (χ1v) is 11.6. The van der Waals surface area contributed by atoms with Crippen LogP contribution in [0, 0.1) is 0 Å². The number of benzene rings is 3. The Morgan fingerprint density at radius 1 is 0.857 bits per heavy atom. The lowest BCUT2D eigenvalue weighted by Gasteiger charge is -2.07. The van der Waals surface area contributed by atoms with E-state index in [2.05, 4.69) is 16.4 Å². The molecule has 1 radical (unpaired) electrons. The first kappa shape index (κ1) is 22.7. The number of fused-ring (bicyclic) bond motifs is 2. The number of nitrogen functional groups attached to an aromatic ring is 1. The molecule has 6 aromatic rings. The van der Waals surface area contributed by atoms with E-state index in [0.29, 0.717) is 5.82 Å². The fraction of sp³-hybridized carbons (Fsp3) is 0. The number of ether oxygens (including phenoxy) is 1. The summed E-state index contributed by atoms with van der Waals surface area (Å²) in [6.07, 6.45) is 1.80. The molecular formula is C27H20BN2O4S. The first-order chi connectivity index (χ1) is 17.2. The zero-order valence-corrected chi connectivity index (χ0v) is 19.3. The molecule has 0 bridgehead atoms. The standard InChI is InChI=1S/C27H18N2O2S.BH2O2/c28-27-25-22(17-10-12-20(13-11-17)30-19-7-2-1-3-8-19)16-32-26(25)21(15-29-27)24-14-18-6-4-5-9-23(18)31-24;2-1-3/h1-16H,(H2,28,29);2-3H. The summed E-state index contributed by atoms with van der Waals surface area (Å²) in [5.41, 5.74) is 10.3. The maximum absolute atomic E-state index is 7.00. The fourth-order valence-corrected chi connectivity index (χ4v) is 5.00. The number of nitrogens with zero attached hydrogens (tertiary/aromatic N) is 1. The number of aromatic nitrogens is 1. The number of anilines is 1. The molecule has 6 rings (SSSR count). The Labute approximate surface area is 206 Å². The smallest absolute Gasteiger partial charge is 0.457 e. The summed E-state index contributed by atoms with van der Waals surface area (Å²) in [7, 11) is 0. The molecular weight excluding hydrogens is 459 g/mol. The molecule has 0 atom stereocenters. The molecule has 0 aliphatic heterocycles. The van der Waals surface area contributed by atoms with Crippen LogP contribution in [0.1, 0.15) is 0 Å². The minimum absolute atomic E-state index is 0. The van der Waals surface area contributed by atoms with E-state index in [-0.39, 0.29) is 7.69 Å². The summed E-state index contributed by atoms with van der Waals surface area (Å²) in [6, 6.07) is 27.8. The van der Waals surface area contributed by atoms with Crippen molar-refractivity contribution in [2.75, 3.05) is 5.73 Å². The molecule has 0 unspecified atom stereocenters. The Bertz CT molecular complexity index is 1550. The summed E-state index contributed by atoms with van der Waals surface area (Å²) in [5.74, 6) is 2.91. The SMILES string of the molecule is Nc1ncc(-c2cc3ccccc3o2)c2scc(-c3ccc(Oc4ccccc4)cc3)c12.O[B]O. The second kappa shape index (κ2) is 10.0. The van der Waals surface area contributed by atoms with Crippen LogP contribution >= 0.6 is 11.3 Å². The number of pyridine rings is 1. The van der Waals surface area contributed by atoms with E-state index in [0.717, 1.165) is 55.0 Å². The Kier molecular flexibility index (Phi) is 6.50. The summed E-state index contributed by atoms with van der Waals surface area (Å²) < 4.78 is 13.1. The van der Waals surface area contributed by atoms with Crippen LogP contribution in [0.15, 0.2) is 101 Å². The van der Waals surface area contributed by atoms with Gasteiger partial charge in [-0.2, -0.15) is 0 Å². The normalized spacial score (nSPS) is 10.7. The maximum atomic E-state index is 7.00. The number of thiophene rings is 1. The van der Waals surface area contributed by atoms with Gasteiger partial charge in [-0.15, -0.1) is 11.3 Å². The van der Waals surface area contributed by atoms with Crippen molar-refractivity contribution in [3.8, 4) is 33.9 Å². The zero-order valence-electron chi connectivity index (χ0n) is 18.5. The summed E-state index contributed by atoms with van der Waals surface area (Å²) >= 11 is 1.65. The molecule has 6 nitrogen and oxygen atoms in total. The highest BCUT2D eigenvalue weighted by molar-refractivity contribution is 7.18. The molecule has 171 valence electrons. The third-order valence-corrected chi connectivity index (χ3v) is 6.47. The predicted octanol–water partition coefficient (Wildman–Crippen LogP) is 6.26. The zero-order chi connectivity index (χ0) is 24.2. The molecule has 0 saturated carbocycles. The predicted molar refractivity (Wildman–Crippen MR) is 141 cm³/mol. The van der Waals surface area contributed by atoms with E-state index in [1.807, 2.05) is 78.9 Å². The Morgan fingerprint density at radius 3 is 2.29 bits per heavy atom. The van der Waals surface area contributed by atoms with E-state index in [1.165, 1.54) is 0 Å². The number of furan rings is 1. The molecule has 35 heavy (non-hydrogen) atoms. The Balaban J connectivity index is 0.000000806. The van der Waals surface area contributed by atoms with Crippen LogP contribution in [-0.4, -0.2) is 22.7 Å². The molecule has 0 aliphatic rings. The highest BCUT2D eigenvalue weighted by atomic mass is 32.1. The van der Waals surface area contributed by atoms with Crippen molar-refractivity contribution >= 4 is 45.9 Å². The first-order valence-electron chi connectivity index (χ1n) is 10.8. The molecule has 0 saturated heterocycles. The van der Waals surface area contributed by atoms with Gasteiger partial charge in [0.2, 0.25) is 0 Å². The van der Waals surface area contributed by atoms with Crippen LogP contribution in [0.5, 0.6) is 11.5 Å². The highest BCUT2D eigenvalue weighted by Crippen LogP contribution is 2.43. The number of hydrogen-bond acceptors (Lipinski definition) is 7. The van der Waals surface area contributed by atoms with E-state index >= 15 is 0 Å². The molecule has 3 heterocycles. The van der Waals surface area contributed by atoms with Crippen molar-refractivity contribution in [2.45, 2.75) is 0 Å². The van der Waals surface area contributed by atoms with E-state index in [1.54, 1.807) is 17.5 Å². The maximum Gasteiger partial charge on any atom is 0.482 e. The van der Waals surface area contributed by atoms with Crippen LogP contribution in [0.25, 0.3) is 43.5 Å². The third kappa shape index (κ3) is 4.63. The van der Waals surface area contributed by atoms with Gasteiger partial charge in [0.1, 0.15) is 28.7 Å². The second-order valence-corrected chi connectivity index (χ2v) is 8.49. The summed E-state index contributed by atoms with van der Waals surface area (Å²) in [4.78, 5) is 4.49. The van der Waals surface area contributed by atoms with Gasteiger partial charge in [0.25, 0.3) is 0 Å². The van der Waals surface area contributed by atoms with Gasteiger partial charge in [0, 0.05) is 22.5 Å². The highest BCUT2D eigenvalue weighted by Gasteiger charge is 2.17. The van der Waals surface area contributed by atoms with Crippen molar-refractivity contribution in [1.82, 2.24) is 4.98 Å². The molecule has 3 aromatic carbocycles. The quantitative estimate of drug-likeness (QED) is 0.258. The van der Waals surface area contributed by atoms with Gasteiger partial charge in [-0.1, -0.05) is 48.5 Å². The number of hydrogen-bond donors (Lipinski definition) is 3. The lowest BCUT2D eigenvalue weighted by atomic mass is 10.0. The molecule has 8 heteroatoms. The third-order valence-electron chi connectivity index (χ3n) is 5.46. The number of para-hydroxylation sites is 2. The van der Waals surface area contributed by atoms with Gasteiger partial charge in [-0.05, 0) is 47.3 Å². The van der Waals surface area contributed by atoms with Gasteiger partial charge in [0.15, 0.2) is 0 Å². The van der Waals surface area contributed by atoms with Crippen molar-refractivity contribution in [3.63, 3.8) is 0 Å². The van der Waals surface area contributed by atoms with Gasteiger partial charge in [-0.3, -0.25) is 0 Å². The molecule has 0 fully saturated rings. The minimum Gasteiger partial charge on any atom is -0.457 e. The van der Waals surface area contributed by atoms with Crippen LogP contribution in [0.2, 0.25) is 0 Å². The molecule has 3 aromatic heterocycles. The second-order valence-electron chi connectivity index (χ2n) is 7.61. The fourth-order valence-electron chi connectivity index (χ4n) is 3.90. The van der Waals surface area contributed by atoms with Gasteiger partial charge >= 0.3 is 7.69 Å². The lowest BCUT2D eigenvalue weighted by Crippen LogP contribution is -1.92. The minimum atomic E-state index is 0. The van der Waals surface area contributed by atoms with Crippen molar-refractivity contribution in [2.24, 2.45) is 0 Å². The van der Waals surface area contributed by atoms with Gasteiger partial charge < -0.3 is 24.9 Å². The van der Waals surface area contributed by atoms with Crippen molar-refractivity contribution in [3.05, 3.63) is 96.5 Å². The van der Waals surface area contributed by atoms with Crippen molar-refractivity contribution < 1.29 is 19.2 Å². The number of nitrogens with two attached hydrogens (primary N) is 1. The Hall–Kier alpha value is -4.11. The number of rotatable bonds is 4. The molecule has 0 amide bonds. The lowest BCUT2D eigenvalue weighted by molar-refractivity contribution is 0.448. The average Bonchev–Trinajstić information content (AvgIpc) is 3.51. The van der Waals surface area contributed by atoms with E-state index < -0.39 is 0 Å². The van der Waals surface area contributed by atoms with E-state index in [9.17, 15) is 0 Å². The van der Waals surface area contributed by atoms with Crippen LogP contribution in [0.3, 0.4) is 0 Å². The summed E-state index contributed by atoms with van der Waals surface area (Å²) in [6.45, 7) is 0. The molecule has 0 spiro atoms. The largest absolute Gasteiger partial charge is 0.482 e. The van der Waals surface area contributed by atoms with Crippen LogP contribution in [0.4, 0.5) is 5.82 Å². The van der Waals surface area contributed by atoms with Gasteiger partial charge in [0.05, 0.1) is 10.3 Å². The summed E-state index contributed by atoms with van der Waals surface area (Å²) in [5, 5.41) is 18.1. The Morgan fingerprint density at radius 2 is 1.54 bits per heavy atom. The average molecular weight is 479 g/mol. The van der Waals surface area contributed by atoms with Crippen LogP contribution < -0.4 is 10.5 Å².